The number of nitrogens with zero attached hydrogens (tertiary/aromatic N) is 1. The van der Waals surface area contributed by atoms with Gasteiger partial charge in [-0.3, -0.25) is 10.1 Å². The van der Waals surface area contributed by atoms with Crippen LogP contribution >= 0.6 is 0 Å². The first-order chi connectivity index (χ1) is 7.32. The molecule has 1 unspecified atom stereocenters. The third-order valence-corrected chi connectivity index (χ3v) is 2.60. The fourth-order valence-electron chi connectivity index (χ4n) is 1.38. The molecule has 1 aromatic carbocycles. The van der Waals surface area contributed by atoms with Crippen LogP contribution in [0.3, 0.4) is 0 Å². The average Bonchev–Trinajstić information content (AvgIpc) is 2.16. The van der Waals surface area contributed by atoms with Gasteiger partial charge in [-0.1, -0.05) is 39.0 Å². The number of aliphatic hydroxyl groups excluding tert-OH is 1. The summed E-state index contributed by atoms with van der Waals surface area (Å²) in [6.45, 7) is 5.73. The maximum atomic E-state index is 10.8. The van der Waals surface area contributed by atoms with Crippen molar-refractivity contribution in [1.29, 1.82) is 0 Å². The molecule has 0 bridgehead atoms. The molecule has 0 heterocycles. The van der Waals surface area contributed by atoms with Crippen molar-refractivity contribution in [3.63, 3.8) is 0 Å². The normalized spacial score (nSPS) is 13.5. The van der Waals surface area contributed by atoms with Crippen LogP contribution in [-0.4, -0.2) is 16.1 Å². The zero-order valence-electron chi connectivity index (χ0n) is 9.80. The third-order valence-electron chi connectivity index (χ3n) is 2.60. The highest BCUT2D eigenvalue weighted by Gasteiger charge is 2.25. The van der Waals surface area contributed by atoms with Crippen LogP contribution in [0.4, 0.5) is 5.69 Å². The minimum atomic E-state index is -0.589. The minimum Gasteiger partial charge on any atom is -0.392 e. The predicted octanol–water partition coefficient (Wildman–Crippen LogP) is 2.54. The van der Waals surface area contributed by atoms with Crippen LogP contribution in [0, 0.1) is 15.5 Å². The van der Waals surface area contributed by atoms with Crippen molar-refractivity contribution >= 4 is 5.69 Å². The van der Waals surface area contributed by atoms with Gasteiger partial charge in [0, 0.05) is 18.1 Å². The lowest BCUT2D eigenvalue weighted by Gasteiger charge is -2.25. The van der Waals surface area contributed by atoms with Gasteiger partial charge in [0.25, 0.3) is 5.69 Å². The summed E-state index contributed by atoms with van der Waals surface area (Å²) in [4.78, 5) is 10.4. The van der Waals surface area contributed by atoms with Gasteiger partial charge in [-0.05, 0) is 5.41 Å². The molecule has 0 amide bonds. The fourth-order valence-corrected chi connectivity index (χ4v) is 1.38. The summed E-state index contributed by atoms with van der Waals surface area (Å²) in [6.07, 6.45) is -0.283. The molecule has 0 radical (unpaired) electrons. The average molecular weight is 223 g/mol. The number of benzene rings is 1. The van der Waals surface area contributed by atoms with Gasteiger partial charge in [-0.2, -0.15) is 0 Å². The Morgan fingerprint density at radius 1 is 1.38 bits per heavy atom. The Balaban J connectivity index is 2.93. The van der Waals surface area contributed by atoms with Gasteiger partial charge < -0.3 is 5.11 Å². The Morgan fingerprint density at radius 2 is 1.94 bits per heavy atom. The molecule has 0 aromatic heterocycles. The summed E-state index contributed by atoms with van der Waals surface area (Å²) in [5.41, 5.74) is 0.379. The van der Waals surface area contributed by atoms with Gasteiger partial charge in [-0.25, -0.2) is 0 Å². The van der Waals surface area contributed by atoms with Gasteiger partial charge in [0.1, 0.15) is 0 Å². The maximum Gasteiger partial charge on any atom is 0.272 e. The number of hydrogen-bond donors (Lipinski definition) is 1. The summed E-state index contributed by atoms with van der Waals surface area (Å²) < 4.78 is 0. The summed E-state index contributed by atoms with van der Waals surface area (Å²) in [6, 6.07) is 6.53. The van der Waals surface area contributed by atoms with Crippen LogP contribution in [0.2, 0.25) is 0 Å². The van der Waals surface area contributed by atoms with Crippen LogP contribution < -0.4 is 0 Å². The quantitative estimate of drug-likeness (QED) is 0.632. The zero-order chi connectivity index (χ0) is 12.3. The Kier molecular flexibility index (Phi) is 3.65. The first-order valence-corrected chi connectivity index (χ1v) is 5.22. The topological polar surface area (TPSA) is 63.4 Å². The molecule has 88 valence electrons. The third kappa shape index (κ3) is 3.03. The lowest BCUT2D eigenvalue weighted by molar-refractivity contribution is -0.385. The molecule has 1 N–H and O–H groups in total. The SMILES string of the molecule is CC(C)(C)C(O)Cc1ccccc1[N+](=O)[O-]. The zero-order valence-corrected chi connectivity index (χ0v) is 9.80. The van der Waals surface area contributed by atoms with Crippen LogP contribution in [0.5, 0.6) is 0 Å². The lowest BCUT2D eigenvalue weighted by atomic mass is 9.85. The predicted molar refractivity (Wildman–Crippen MR) is 62.3 cm³/mol. The van der Waals surface area contributed by atoms with E-state index in [-0.39, 0.29) is 11.1 Å². The highest BCUT2D eigenvalue weighted by atomic mass is 16.6. The van der Waals surface area contributed by atoms with E-state index >= 15 is 0 Å². The van der Waals surface area contributed by atoms with Crippen LogP contribution in [0.15, 0.2) is 24.3 Å². The van der Waals surface area contributed by atoms with Crippen molar-refractivity contribution in [1.82, 2.24) is 0 Å². The molecule has 0 aliphatic rings. The van der Waals surface area contributed by atoms with E-state index in [1.54, 1.807) is 18.2 Å². The van der Waals surface area contributed by atoms with E-state index in [0.29, 0.717) is 12.0 Å². The molecule has 0 spiro atoms. The van der Waals surface area contributed by atoms with E-state index in [0.717, 1.165) is 0 Å². The van der Waals surface area contributed by atoms with Crippen LogP contribution in [0.1, 0.15) is 26.3 Å². The fraction of sp³-hybridized carbons (Fsp3) is 0.500. The summed E-state index contributed by atoms with van der Waals surface area (Å²) in [7, 11) is 0. The van der Waals surface area contributed by atoms with Crippen molar-refractivity contribution in [2.45, 2.75) is 33.3 Å². The second kappa shape index (κ2) is 4.61. The Hall–Kier alpha value is -1.42. The molecule has 1 rings (SSSR count). The molecule has 0 saturated carbocycles. The molecule has 0 aliphatic carbocycles. The van der Waals surface area contributed by atoms with E-state index in [4.69, 9.17) is 0 Å². The number of nitro groups is 1. The minimum absolute atomic E-state index is 0.0748. The first-order valence-electron chi connectivity index (χ1n) is 5.22. The number of rotatable bonds is 3. The van der Waals surface area contributed by atoms with E-state index < -0.39 is 11.0 Å². The smallest absolute Gasteiger partial charge is 0.272 e. The molecule has 0 aliphatic heterocycles. The Bertz CT molecular complexity index is 382. The largest absolute Gasteiger partial charge is 0.392 e. The molecule has 0 fully saturated rings. The molecular weight excluding hydrogens is 206 g/mol. The Labute approximate surface area is 95.1 Å². The van der Waals surface area contributed by atoms with Crippen molar-refractivity contribution < 1.29 is 10.0 Å². The molecule has 1 aromatic rings. The van der Waals surface area contributed by atoms with Gasteiger partial charge in [-0.15, -0.1) is 0 Å². The summed E-state index contributed by atoms with van der Waals surface area (Å²) >= 11 is 0. The lowest BCUT2D eigenvalue weighted by Crippen LogP contribution is -2.28. The highest BCUT2D eigenvalue weighted by molar-refractivity contribution is 5.40. The van der Waals surface area contributed by atoms with Crippen molar-refractivity contribution in [3.8, 4) is 0 Å². The van der Waals surface area contributed by atoms with Crippen LogP contribution in [-0.2, 0) is 6.42 Å². The van der Waals surface area contributed by atoms with E-state index in [9.17, 15) is 15.2 Å². The molecule has 0 saturated heterocycles. The second-order valence-corrected chi connectivity index (χ2v) is 4.97. The monoisotopic (exact) mass is 223 g/mol. The van der Waals surface area contributed by atoms with E-state index in [1.165, 1.54) is 6.07 Å². The molecule has 4 nitrogen and oxygen atoms in total. The summed E-state index contributed by atoms with van der Waals surface area (Å²) in [5, 5.41) is 20.7. The van der Waals surface area contributed by atoms with Gasteiger partial charge in [0.05, 0.1) is 11.0 Å². The van der Waals surface area contributed by atoms with Crippen LogP contribution in [0.25, 0.3) is 0 Å². The Morgan fingerprint density at radius 3 is 2.44 bits per heavy atom. The molecule has 16 heavy (non-hydrogen) atoms. The van der Waals surface area contributed by atoms with E-state index in [2.05, 4.69) is 0 Å². The summed E-state index contributed by atoms with van der Waals surface area (Å²) in [5.74, 6) is 0. The molecule has 1 atom stereocenters. The molecular formula is C12H17NO3. The number of hydrogen-bond acceptors (Lipinski definition) is 3. The molecule has 4 heteroatoms. The van der Waals surface area contributed by atoms with Gasteiger partial charge in [0.2, 0.25) is 0 Å². The van der Waals surface area contributed by atoms with Gasteiger partial charge in [0.15, 0.2) is 0 Å². The highest BCUT2D eigenvalue weighted by Crippen LogP contribution is 2.26. The number of nitro benzene ring substituents is 1. The number of aliphatic hydroxyl groups is 1. The van der Waals surface area contributed by atoms with Crippen molar-refractivity contribution in [2.75, 3.05) is 0 Å². The maximum absolute atomic E-state index is 10.8. The van der Waals surface area contributed by atoms with E-state index in [1.807, 2.05) is 20.8 Å². The van der Waals surface area contributed by atoms with Crippen molar-refractivity contribution in [3.05, 3.63) is 39.9 Å². The standard InChI is InChI=1S/C12H17NO3/c1-12(2,3)11(14)8-9-6-4-5-7-10(9)13(15)16/h4-7,11,14H,8H2,1-3H3. The second-order valence-electron chi connectivity index (χ2n) is 4.97. The van der Waals surface area contributed by atoms with Gasteiger partial charge >= 0.3 is 0 Å². The first kappa shape index (κ1) is 12.6. The number of para-hydroxylation sites is 1. The van der Waals surface area contributed by atoms with Crippen molar-refractivity contribution in [2.24, 2.45) is 5.41 Å².